The highest BCUT2D eigenvalue weighted by Gasteiger charge is 2.22. The van der Waals surface area contributed by atoms with Gasteiger partial charge in [-0.05, 0) is 31.6 Å². The zero-order chi connectivity index (χ0) is 14.8. The van der Waals surface area contributed by atoms with E-state index in [2.05, 4.69) is 5.32 Å². The normalized spacial score (nSPS) is 13.6. The van der Waals surface area contributed by atoms with Gasteiger partial charge >= 0.3 is 0 Å². The minimum Gasteiger partial charge on any atom is -0.383 e. The first-order valence-electron chi connectivity index (χ1n) is 6.53. The van der Waals surface area contributed by atoms with Crippen LogP contribution in [0, 0.1) is 17.2 Å². The van der Waals surface area contributed by atoms with Crippen LogP contribution >= 0.6 is 0 Å². The van der Waals surface area contributed by atoms with E-state index in [1.54, 1.807) is 0 Å². The molecule has 0 heterocycles. The van der Waals surface area contributed by atoms with Crippen LogP contribution in [0.25, 0.3) is 0 Å². The molecular weight excluding hydrogens is 246 g/mol. The number of primary amides is 1. The lowest BCUT2D eigenvalue weighted by Crippen LogP contribution is -2.48. The van der Waals surface area contributed by atoms with Gasteiger partial charge in [0.15, 0.2) is 0 Å². The lowest BCUT2D eigenvalue weighted by molar-refractivity contribution is -0.133. The van der Waals surface area contributed by atoms with E-state index in [0.29, 0.717) is 32.1 Å². The van der Waals surface area contributed by atoms with Gasteiger partial charge < -0.3 is 16.2 Å². The van der Waals surface area contributed by atoms with E-state index in [4.69, 9.17) is 11.0 Å². The van der Waals surface area contributed by atoms with Crippen molar-refractivity contribution in [3.05, 3.63) is 0 Å². The number of nitrogens with zero attached hydrogens (tertiary/aromatic N) is 1. The Morgan fingerprint density at radius 3 is 2.47 bits per heavy atom. The molecule has 0 spiro atoms. The van der Waals surface area contributed by atoms with Crippen LogP contribution < -0.4 is 11.1 Å². The van der Waals surface area contributed by atoms with Crippen LogP contribution in [0.3, 0.4) is 0 Å². The molecule has 0 aliphatic heterocycles. The molecule has 2 amide bonds. The van der Waals surface area contributed by atoms with Crippen molar-refractivity contribution in [2.24, 2.45) is 11.7 Å². The number of carbonyl (C=O) groups is 2. The van der Waals surface area contributed by atoms with E-state index in [1.807, 2.05) is 19.9 Å². The molecule has 6 heteroatoms. The first-order valence-corrected chi connectivity index (χ1v) is 6.53. The van der Waals surface area contributed by atoms with Gasteiger partial charge in [0.25, 0.3) is 0 Å². The van der Waals surface area contributed by atoms with Crippen molar-refractivity contribution < 1.29 is 14.7 Å². The Balaban J connectivity index is 4.23. The second-order valence-electron chi connectivity index (χ2n) is 5.01. The lowest BCUT2D eigenvalue weighted by atomic mass is 10.0. The Hall–Kier alpha value is -1.61. The molecule has 0 fully saturated rings. The molecule has 2 atom stereocenters. The largest absolute Gasteiger partial charge is 0.383 e. The highest BCUT2D eigenvalue weighted by molar-refractivity contribution is 5.88. The number of carbonyl (C=O) groups excluding carboxylic acids is 2. The fourth-order valence-corrected chi connectivity index (χ4v) is 1.66. The molecule has 108 valence electrons. The van der Waals surface area contributed by atoms with Gasteiger partial charge in [-0.1, -0.05) is 13.8 Å². The molecule has 0 bridgehead atoms. The quantitative estimate of drug-likeness (QED) is 0.527. The highest BCUT2D eigenvalue weighted by atomic mass is 16.3. The summed E-state index contributed by atoms with van der Waals surface area (Å²) in [6.45, 7) is 3.79. The van der Waals surface area contributed by atoms with Crippen LogP contribution in [0.4, 0.5) is 0 Å². The summed E-state index contributed by atoms with van der Waals surface area (Å²) in [4.78, 5) is 22.9. The number of nitrogens with one attached hydrogen (secondary N) is 1. The maximum Gasteiger partial charge on any atom is 0.249 e. The van der Waals surface area contributed by atoms with Crippen LogP contribution in [0.15, 0.2) is 0 Å². The van der Waals surface area contributed by atoms with Crippen molar-refractivity contribution in [1.82, 2.24) is 5.32 Å². The Morgan fingerprint density at radius 1 is 1.37 bits per heavy atom. The van der Waals surface area contributed by atoms with Gasteiger partial charge in [-0.15, -0.1) is 0 Å². The minimum atomic E-state index is -1.12. The Morgan fingerprint density at radius 2 is 2.00 bits per heavy atom. The number of hydrogen-bond acceptors (Lipinski definition) is 4. The number of aliphatic hydroxyl groups excluding tert-OH is 1. The predicted octanol–water partition coefficient (Wildman–Crippen LogP) is 0.447. The van der Waals surface area contributed by atoms with E-state index in [0.717, 1.165) is 0 Å². The van der Waals surface area contributed by atoms with Crippen molar-refractivity contribution in [3.8, 4) is 6.07 Å². The van der Waals surface area contributed by atoms with Crippen LogP contribution in [0.2, 0.25) is 0 Å². The molecule has 0 aliphatic carbocycles. The summed E-state index contributed by atoms with van der Waals surface area (Å²) in [5.74, 6) is -1.01. The molecule has 0 rings (SSSR count). The Bertz CT molecular complexity index is 337. The van der Waals surface area contributed by atoms with Gasteiger partial charge in [0.2, 0.25) is 11.8 Å². The summed E-state index contributed by atoms with van der Waals surface area (Å²) in [5, 5.41) is 20.5. The average molecular weight is 269 g/mol. The van der Waals surface area contributed by atoms with E-state index in [1.165, 1.54) is 0 Å². The Kier molecular flexibility index (Phi) is 8.55. The minimum absolute atomic E-state index is 0.184. The fraction of sp³-hybridized carbons (Fsp3) is 0.769. The van der Waals surface area contributed by atoms with Crippen molar-refractivity contribution in [3.63, 3.8) is 0 Å². The summed E-state index contributed by atoms with van der Waals surface area (Å²) < 4.78 is 0. The summed E-state index contributed by atoms with van der Waals surface area (Å²) in [6.07, 6.45) is 1.30. The number of hydrogen-bond donors (Lipinski definition) is 3. The maximum absolute atomic E-state index is 11.7. The van der Waals surface area contributed by atoms with E-state index in [-0.39, 0.29) is 5.92 Å². The molecule has 19 heavy (non-hydrogen) atoms. The summed E-state index contributed by atoms with van der Waals surface area (Å²) in [6, 6.07) is 1.22. The Labute approximate surface area is 114 Å². The summed E-state index contributed by atoms with van der Waals surface area (Å²) in [5.41, 5.74) is 5.20. The molecule has 0 aromatic heterocycles. The first-order chi connectivity index (χ1) is 8.88. The van der Waals surface area contributed by atoms with Crippen molar-refractivity contribution in [1.29, 1.82) is 5.26 Å². The predicted molar refractivity (Wildman–Crippen MR) is 70.7 cm³/mol. The average Bonchev–Trinajstić information content (AvgIpc) is 2.31. The van der Waals surface area contributed by atoms with Gasteiger partial charge in [0.1, 0.15) is 12.1 Å². The van der Waals surface area contributed by atoms with Gasteiger partial charge in [-0.2, -0.15) is 5.26 Å². The van der Waals surface area contributed by atoms with Crippen LogP contribution in [-0.2, 0) is 9.59 Å². The van der Waals surface area contributed by atoms with Gasteiger partial charge in [-0.25, -0.2) is 0 Å². The zero-order valence-electron chi connectivity index (χ0n) is 11.6. The van der Waals surface area contributed by atoms with E-state index < -0.39 is 24.0 Å². The first kappa shape index (κ1) is 17.4. The SMILES string of the molecule is CC(C)C[C@H](O)C(=O)N[C@@H](CCCCC#N)C(N)=O. The maximum atomic E-state index is 11.7. The molecule has 0 saturated carbocycles. The molecule has 0 saturated heterocycles. The number of rotatable bonds is 9. The number of aliphatic hydroxyl groups is 1. The molecule has 0 radical (unpaired) electrons. The van der Waals surface area contributed by atoms with E-state index >= 15 is 0 Å². The van der Waals surface area contributed by atoms with Gasteiger partial charge in [0.05, 0.1) is 6.07 Å². The third-order valence-corrected chi connectivity index (χ3v) is 2.69. The molecular formula is C13H23N3O3. The number of nitrogens with two attached hydrogens (primary N) is 1. The molecule has 0 aromatic carbocycles. The smallest absolute Gasteiger partial charge is 0.249 e. The fourth-order valence-electron chi connectivity index (χ4n) is 1.66. The number of unbranched alkanes of at least 4 members (excludes halogenated alkanes) is 2. The second-order valence-corrected chi connectivity index (χ2v) is 5.01. The van der Waals surface area contributed by atoms with Crippen molar-refractivity contribution in [2.75, 3.05) is 0 Å². The van der Waals surface area contributed by atoms with E-state index in [9.17, 15) is 14.7 Å². The summed E-state index contributed by atoms with van der Waals surface area (Å²) in [7, 11) is 0. The van der Waals surface area contributed by atoms with Crippen molar-refractivity contribution in [2.45, 2.75) is 58.1 Å². The van der Waals surface area contributed by atoms with Crippen LogP contribution in [0.1, 0.15) is 46.0 Å². The summed E-state index contributed by atoms with van der Waals surface area (Å²) >= 11 is 0. The van der Waals surface area contributed by atoms with Crippen molar-refractivity contribution >= 4 is 11.8 Å². The molecule has 0 aliphatic rings. The standard InChI is InChI=1S/C13H23N3O3/c1-9(2)8-11(17)13(19)16-10(12(15)18)6-4-3-5-7-14/h9-11,17H,3-6,8H2,1-2H3,(H2,15,18)(H,16,19)/t10-,11-/m0/s1. The van der Waals surface area contributed by atoms with Crippen LogP contribution in [-0.4, -0.2) is 29.1 Å². The number of nitriles is 1. The highest BCUT2D eigenvalue weighted by Crippen LogP contribution is 2.07. The zero-order valence-corrected chi connectivity index (χ0v) is 11.6. The lowest BCUT2D eigenvalue weighted by Gasteiger charge is -2.18. The molecule has 0 aromatic rings. The monoisotopic (exact) mass is 269 g/mol. The molecule has 6 nitrogen and oxygen atoms in total. The van der Waals surface area contributed by atoms with Crippen LogP contribution in [0.5, 0.6) is 0 Å². The topological polar surface area (TPSA) is 116 Å². The molecule has 0 unspecified atom stereocenters. The second kappa shape index (κ2) is 9.34. The molecule has 4 N–H and O–H groups in total. The number of amides is 2. The van der Waals surface area contributed by atoms with Gasteiger partial charge in [0, 0.05) is 6.42 Å². The van der Waals surface area contributed by atoms with Gasteiger partial charge in [-0.3, -0.25) is 9.59 Å². The third-order valence-electron chi connectivity index (χ3n) is 2.69. The third kappa shape index (κ3) is 8.16.